The van der Waals surface area contributed by atoms with Crippen LogP contribution in [0.5, 0.6) is 0 Å². The first-order valence-electron chi connectivity index (χ1n) is 7.94. The van der Waals surface area contributed by atoms with Gasteiger partial charge in [-0.1, -0.05) is 18.9 Å². The topological polar surface area (TPSA) is 94.8 Å². The lowest BCUT2D eigenvalue weighted by molar-refractivity contribution is -0.162. The molecule has 0 saturated heterocycles. The lowest BCUT2D eigenvalue weighted by atomic mass is 10.0. The van der Waals surface area contributed by atoms with Crippen molar-refractivity contribution in [1.29, 1.82) is 0 Å². The van der Waals surface area contributed by atoms with Gasteiger partial charge in [0.15, 0.2) is 5.60 Å². The van der Waals surface area contributed by atoms with E-state index in [9.17, 15) is 23.5 Å². The molecule has 0 aliphatic carbocycles. The predicted octanol–water partition coefficient (Wildman–Crippen LogP) is 3.09. The van der Waals surface area contributed by atoms with Crippen LogP contribution < -0.4 is 0 Å². The Kier molecular flexibility index (Phi) is 8.85. The highest BCUT2D eigenvalue weighted by atomic mass is 32.2. The number of rotatable bonds is 12. The quantitative estimate of drug-likeness (QED) is 0.485. The highest BCUT2D eigenvalue weighted by Gasteiger charge is 2.38. The lowest BCUT2D eigenvalue weighted by Crippen LogP contribution is -2.43. The van der Waals surface area contributed by atoms with Crippen molar-refractivity contribution in [2.24, 2.45) is 0 Å². The van der Waals surface area contributed by atoms with Gasteiger partial charge in [-0.05, 0) is 36.6 Å². The second-order valence-electron chi connectivity index (χ2n) is 5.86. The van der Waals surface area contributed by atoms with Crippen molar-refractivity contribution < 1.29 is 33.7 Å². The number of unbranched alkanes of at least 4 members (excludes halogenated alkanes) is 3. The summed E-state index contributed by atoms with van der Waals surface area (Å²) in [5, 5.41) is 27.4. The van der Waals surface area contributed by atoms with E-state index >= 15 is 0 Å². The van der Waals surface area contributed by atoms with Crippen LogP contribution in [0.3, 0.4) is 0 Å². The summed E-state index contributed by atoms with van der Waals surface area (Å²) in [6.07, 6.45) is 2.91. The van der Waals surface area contributed by atoms with Gasteiger partial charge in [-0.3, -0.25) is 4.79 Å². The molecule has 0 aliphatic rings. The molecule has 0 spiro atoms. The van der Waals surface area contributed by atoms with E-state index in [0.717, 1.165) is 31.7 Å². The Morgan fingerprint density at radius 2 is 1.76 bits per heavy atom. The van der Waals surface area contributed by atoms with E-state index in [1.54, 1.807) is 0 Å². The molecule has 0 amide bonds. The highest BCUT2D eigenvalue weighted by Crippen LogP contribution is 2.20. The van der Waals surface area contributed by atoms with Crippen molar-refractivity contribution in [3.63, 3.8) is 0 Å². The number of hydrogen-bond acceptors (Lipinski definition) is 4. The molecule has 3 N–H and O–H groups in total. The molecule has 1 aromatic rings. The first-order chi connectivity index (χ1) is 11.7. The zero-order valence-electron chi connectivity index (χ0n) is 13.7. The molecular formula is C17H22F2O5S. The standard InChI is InChI=1S/C17H22F2O5S/c18-13-7-6-12(14(19)9-13)5-3-1-2-4-8-25-11-17(24,16(22)23)10-15(20)21/h6-7,9,24H,1-5,8,10-11H2,(H,20,21)(H,22,23)/t17-/m0/s1. The van der Waals surface area contributed by atoms with Crippen molar-refractivity contribution in [3.8, 4) is 0 Å². The van der Waals surface area contributed by atoms with Gasteiger partial charge >= 0.3 is 11.9 Å². The van der Waals surface area contributed by atoms with Crippen LogP contribution in [0, 0.1) is 11.6 Å². The molecule has 1 aromatic carbocycles. The van der Waals surface area contributed by atoms with Gasteiger partial charge in [0.1, 0.15) is 11.6 Å². The molecule has 0 saturated carbocycles. The van der Waals surface area contributed by atoms with Gasteiger partial charge in [0.2, 0.25) is 0 Å². The van der Waals surface area contributed by atoms with Crippen LogP contribution in [-0.2, 0) is 16.0 Å². The summed E-state index contributed by atoms with van der Waals surface area (Å²) in [4.78, 5) is 21.6. The smallest absolute Gasteiger partial charge is 0.337 e. The molecule has 0 bridgehead atoms. The zero-order valence-corrected chi connectivity index (χ0v) is 14.5. The van der Waals surface area contributed by atoms with Crippen molar-refractivity contribution in [1.82, 2.24) is 0 Å². The van der Waals surface area contributed by atoms with Crippen LogP contribution in [-0.4, -0.2) is 44.4 Å². The number of benzene rings is 1. The summed E-state index contributed by atoms with van der Waals surface area (Å²) < 4.78 is 26.2. The van der Waals surface area contributed by atoms with Crippen LogP contribution in [0.2, 0.25) is 0 Å². The van der Waals surface area contributed by atoms with Gasteiger partial charge in [-0.2, -0.15) is 11.8 Å². The van der Waals surface area contributed by atoms with E-state index in [-0.39, 0.29) is 5.75 Å². The van der Waals surface area contributed by atoms with E-state index in [4.69, 9.17) is 10.2 Å². The maximum absolute atomic E-state index is 13.4. The number of carbonyl (C=O) groups is 2. The Morgan fingerprint density at radius 1 is 1.08 bits per heavy atom. The van der Waals surface area contributed by atoms with E-state index in [0.29, 0.717) is 17.7 Å². The van der Waals surface area contributed by atoms with Crippen molar-refractivity contribution in [2.45, 2.75) is 44.1 Å². The van der Waals surface area contributed by atoms with E-state index in [2.05, 4.69) is 0 Å². The molecule has 0 radical (unpaired) electrons. The van der Waals surface area contributed by atoms with Crippen molar-refractivity contribution >= 4 is 23.7 Å². The fraction of sp³-hybridized carbons (Fsp3) is 0.529. The molecule has 0 aliphatic heterocycles. The van der Waals surface area contributed by atoms with E-state index < -0.39 is 35.6 Å². The minimum atomic E-state index is -2.25. The largest absolute Gasteiger partial charge is 0.481 e. The average Bonchev–Trinajstić information content (AvgIpc) is 2.50. The third-order valence-corrected chi connectivity index (χ3v) is 4.94. The normalized spacial score (nSPS) is 13.4. The number of carboxylic acid groups (broad SMARTS) is 2. The summed E-state index contributed by atoms with van der Waals surface area (Å²) in [6, 6.07) is 3.54. The van der Waals surface area contributed by atoms with Gasteiger partial charge in [-0.25, -0.2) is 13.6 Å². The molecule has 8 heteroatoms. The highest BCUT2D eigenvalue weighted by molar-refractivity contribution is 7.99. The summed E-state index contributed by atoms with van der Waals surface area (Å²) >= 11 is 1.19. The molecule has 0 fully saturated rings. The van der Waals surface area contributed by atoms with Gasteiger partial charge in [0, 0.05) is 11.8 Å². The first kappa shape index (κ1) is 21.4. The molecule has 0 unspecified atom stereocenters. The van der Waals surface area contributed by atoms with Gasteiger partial charge in [0.25, 0.3) is 0 Å². The van der Waals surface area contributed by atoms with Gasteiger partial charge < -0.3 is 15.3 Å². The Labute approximate surface area is 149 Å². The molecule has 0 heterocycles. The summed E-state index contributed by atoms with van der Waals surface area (Å²) in [5.74, 6) is -3.62. The van der Waals surface area contributed by atoms with Crippen LogP contribution >= 0.6 is 11.8 Å². The average molecular weight is 376 g/mol. The molecule has 1 atom stereocenters. The fourth-order valence-corrected chi connectivity index (χ4v) is 3.39. The van der Waals surface area contributed by atoms with E-state index in [1.165, 1.54) is 23.9 Å². The Hall–Kier alpha value is -1.67. The lowest BCUT2D eigenvalue weighted by Gasteiger charge is -2.20. The molecular weight excluding hydrogens is 354 g/mol. The van der Waals surface area contributed by atoms with Gasteiger partial charge in [0.05, 0.1) is 6.42 Å². The molecule has 0 aromatic heterocycles. The number of aliphatic hydroxyl groups is 1. The maximum Gasteiger partial charge on any atom is 0.337 e. The van der Waals surface area contributed by atoms with E-state index in [1.807, 2.05) is 0 Å². The Bertz CT molecular complexity index is 596. The Morgan fingerprint density at radius 3 is 2.36 bits per heavy atom. The van der Waals surface area contributed by atoms with Crippen molar-refractivity contribution in [2.75, 3.05) is 11.5 Å². The minimum absolute atomic E-state index is 0.185. The number of hydrogen-bond donors (Lipinski definition) is 3. The number of carboxylic acids is 2. The number of thioether (sulfide) groups is 1. The van der Waals surface area contributed by atoms with Crippen LogP contribution in [0.4, 0.5) is 8.78 Å². The van der Waals surface area contributed by atoms with Gasteiger partial charge in [-0.15, -0.1) is 0 Å². The molecule has 25 heavy (non-hydrogen) atoms. The second kappa shape index (κ2) is 10.4. The van der Waals surface area contributed by atoms with Crippen molar-refractivity contribution in [3.05, 3.63) is 35.4 Å². The summed E-state index contributed by atoms with van der Waals surface area (Å²) in [5.41, 5.74) is -1.77. The first-order valence-corrected chi connectivity index (χ1v) is 9.09. The second-order valence-corrected chi connectivity index (χ2v) is 6.96. The Balaban J connectivity index is 2.17. The number of halogens is 2. The predicted molar refractivity (Wildman–Crippen MR) is 90.7 cm³/mol. The molecule has 1 rings (SSSR count). The monoisotopic (exact) mass is 376 g/mol. The molecule has 140 valence electrons. The third kappa shape index (κ3) is 7.83. The van der Waals surface area contributed by atoms with Crippen LogP contribution in [0.15, 0.2) is 18.2 Å². The number of aryl methyl sites for hydroxylation is 1. The minimum Gasteiger partial charge on any atom is -0.481 e. The van der Waals surface area contributed by atoms with Crippen LogP contribution in [0.1, 0.15) is 37.7 Å². The third-order valence-electron chi connectivity index (χ3n) is 3.68. The molecule has 5 nitrogen and oxygen atoms in total. The fourth-order valence-electron chi connectivity index (χ4n) is 2.28. The summed E-state index contributed by atoms with van der Waals surface area (Å²) in [7, 11) is 0. The zero-order chi connectivity index (χ0) is 18.9. The van der Waals surface area contributed by atoms with Crippen LogP contribution in [0.25, 0.3) is 0 Å². The summed E-state index contributed by atoms with van der Waals surface area (Å²) in [6.45, 7) is 0. The number of aliphatic carboxylic acids is 2. The SMILES string of the molecule is O=C(O)C[C@](O)(CSCCCCCCc1ccc(F)cc1F)C(=O)O. The maximum atomic E-state index is 13.4.